The Morgan fingerprint density at radius 1 is 1.22 bits per heavy atom. The minimum atomic E-state index is -0.630. The summed E-state index contributed by atoms with van der Waals surface area (Å²) >= 11 is 0. The second kappa shape index (κ2) is 4.52. The number of benzene rings is 1. The summed E-state index contributed by atoms with van der Waals surface area (Å²) in [4.78, 5) is 11.9. The number of nitrogen functional groups attached to an aromatic ring is 1. The highest BCUT2D eigenvalue weighted by Gasteiger charge is 2.13. The van der Waals surface area contributed by atoms with Crippen LogP contribution in [0.4, 0.5) is 10.1 Å². The highest BCUT2D eigenvalue weighted by atomic mass is 19.1. The Morgan fingerprint density at radius 3 is 2.39 bits per heavy atom. The van der Waals surface area contributed by atoms with Crippen LogP contribution < -0.4 is 11.2 Å². The van der Waals surface area contributed by atoms with E-state index in [1.54, 1.807) is 4.68 Å². The van der Waals surface area contributed by atoms with Crippen LogP contribution in [0.1, 0.15) is 21.7 Å². The maximum atomic E-state index is 13.6. The van der Waals surface area contributed by atoms with Crippen molar-refractivity contribution < 1.29 is 9.18 Å². The fourth-order valence-corrected chi connectivity index (χ4v) is 1.72. The lowest BCUT2D eigenvalue weighted by molar-refractivity contribution is 0.100. The average molecular weight is 247 g/mol. The molecule has 1 amide bonds. The van der Waals surface area contributed by atoms with Gasteiger partial charge in [0.15, 0.2) is 0 Å². The van der Waals surface area contributed by atoms with E-state index in [0.717, 1.165) is 17.5 Å². The Kier molecular flexibility index (Phi) is 3.06. The quantitative estimate of drug-likeness (QED) is 0.799. The average Bonchev–Trinajstić information content (AvgIpc) is 2.60. The Morgan fingerprint density at radius 2 is 1.83 bits per heavy atom. The molecule has 0 aliphatic carbocycles. The molecular weight excluding hydrogens is 233 g/mol. The van der Waals surface area contributed by atoms with Crippen molar-refractivity contribution in [3.05, 3.63) is 53.1 Å². The minimum absolute atomic E-state index is 0.0308. The fraction of sp³-hybridized carbons (Fsp3) is 0.154. The molecule has 0 aliphatic rings. The lowest BCUT2D eigenvalue weighted by Gasteiger charge is -2.11. The SMILES string of the molecule is Cc1ccc(C)n1NC(=O)c1ccc(N)cc1F. The molecule has 0 fully saturated rings. The van der Waals surface area contributed by atoms with Crippen molar-refractivity contribution in [1.29, 1.82) is 0 Å². The lowest BCUT2D eigenvalue weighted by atomic mass is 10.2. The van der Waals surface area contributed by atoms with Gasteiger partial charge in [0.2, 0.25) is 0 Å². The summed E-state index contributed by atoms with van der Waals surface area (Å²) in [6.45, 7) is 3.71. The zero-order valence-corrected chi connectivity index (χ0v) is 10.2. The molecule has 2 rings (SSSR count). The van der Waals surface area contributed by atoms with Crippen LogP contribution in [0.15, 0.2) is 30.3 Å². The molecule has 0 saturated heterocycles. The molecule has 0 aliphatic heterocycles. The smallest absolute Gasteiger partial charge is 0.273 e. The number of hydrogen-bond donors (Lipinski definition) is 2. The van der Waals surface area contributed by atoms with Crippen molar-refractivity contribution in [3.8, 4) is 0 Å². The topological polar surface area (TPSA) is 60.0 Å². The summed E-state index contributed by atoms with van der Waals surface area (Å²) in [5, 5.41) is 0. The van der Waals surface area contributed by atoms with E-state index >= 15 is 0 Å². The van der Waals surface area contributed by atoms with Crippen LogP contribution in [0.25, 0.3) is 0 Å². The predicted octanol–water partition coefficient (Wildman–Crippen LogP) is 2.21. The fourth-order valence-electron chi connectivity index (χ4n) is 1.72. The lowest BCUT2D eigenvalue weighted by Crippen LogP contribution is -2.25. The van der Waals surface area contributed by atoms with Crippen LogP contribution in [0, 0.1) is 19.7 Å². The molecule has 0 spiro atoms. The van der Waals surface area contributed by atoms with Crippen molar-refractivity contribution >= 4 is 11.6 Å². The zero-order chi connectivity index (χ0) is 13.3. The van der Waals surface area contributed by atoms with E-state index in [2.05, 4.69) is 5.43 Å². The number of halogens is 1. The zero-order valence-electron chi connectivity index (χ0n) is 10.2. The van der Waals surface area contributed by atoms with E-state index < -0.39 is 11.7 Å². The third-order valence-electron chi connectivity index (χ3n) is 2.72. The van der Waals surface area contributed by atoms with Crippen molar-refractivity contribution in [3.63, 3.8) is 0 Å². The number of aromatic nitrogens is 1. The van der Waals surface area contributed by atoms with Crippen LogP contribution in [0.2, 0.25) is 0 Å². The van der Waals surface area contributed by atoms with Gasteiger partial charge in [0.25, 0.3) is 5.91 Å². The largest absolute Gasteiger partial charge is 0.399 e. The minimum Gasteiger partial charge on any atom is -0.399 e. The molecule has 0 radical (unpaired) electrons. The van der Waals surface area contributed by atoms with E-state index in [1.165, 1.54) is 12.1 Å². The summed E-state index contributed by atoms with van der Waals surface area (Å²) in [5.74, 6) is -1.13. The van der Waals surface area contributed by atoms with Gasteiger partial charge in [0.05, 0.1) is 5.56 Å². The van der Waals surface area contributed by atoms with Gasteiger partial charge in [-0.3, -0.25) is 14.9 Å². The molecule has 0 bridgehead atoms. The first-order valence-electron chi connectivity index (χ1n) is 5.50. The van der Waals surface area contributed by atoms with E-state index in [4.69, 9.17) is 5.73 Å². The van der Waals surface area contributed by atoms with Crippen LogP contribution in [-0.2, 0) is 0 Å². The van der Waals surface area contributed by atoms with Gasteiger partial charge in [0, 0.05) is 17.1 Å². The van der Waals surface area contributed by atoms with Gasteiger partial charge >= 0.3 is 0 Å². The highest BCUT2D eigenvalue weighted by Crippen LogP contribution is 2.13. The second-order valence-corrected chi connectivity index (χ2v) is 4.13. The number of anilines is 1. The third-order valence-corrected chi connectivity index (χ3v) is 2.72. The highest BCUT2D eigenvalue weighted by molar-refractivity contribution is 6.00. The van der Waals surface area contributed by atoms with E-state index in [-0.39, 0.29) is 11.3 Å². The number of nitrogens with zero attached hydrogens (tertiary/aromatic N) is 1. The summed E-state index contributed by atoms with van der Waals surface area (Å²) in [5.41, 5.74) is 10.1. The Labute approximate surface area is 104 Å². The molecule has 1 aromatic carbocycles. The van der Waals surface area contributed by atoms with Crippen molar-refractivity contribution in [1.82, 2.24) is 4.68 Å². The van der Waals surface area contributed by atoms with Crippen molar-refractivity contribution in [2.24, 2.45) is 0 Å². The Balaban J connectivity index is 2.28. The summed E-state index contributed by atoms with van der Waals surface area (Å²) in [6.07, 6.45) is 0. The number of carbonyl (C=O) groups excluding carboxylic acids is 1. The first-order chi connectivity index (χ1) is 8.49. The molecule has 0 saturated carbocycles. The Hall–Kier alpha value is -2.30. The van der Waals surface area contributed by atoms with Crippen molar-refractivity contribution in [2.45, 2.75) is 13.8 Å². The molecule has 18 heavy (non-hydrogen) atoms. The van der Waals surface area contributed by atoms with E-state index in [9.17, 15) is 9.18 Å². The second-order valence-electron chi connectivity index (χ2n) is 4.13. The number of rotatable bonds is 2. The number of hydrogen-bond acceptors (Lipinski definition) is 2. The van der Waals surface area contributed by atoms with E-state index in [0.29, 0.717) is 0 Å². The van der Waals surface area contributed by atoms with Crippen LogP contribution in [0.3, 0.4) is 0 Å². The molecule has 0 atom stereocenters. The molecule has 94 valence electrons. The number of aryl methyl sites for hydroxylation is 2. The molecule has 5 heteroatoms. The van der Waals surface area contributed by atoms with Gasteiger partial charge in [-0.2, -0.15) is 0 Å². The normalized spacial score (nSPS) is 10.4. The summed E-state index contributed by atoms with van der Waals surface area (Å²) < 4.78 is 15.2. The molecular formula is C13H14FN3O. The number of nitrogens with two attached hydrogens (primary N) is 1. The summed E-state index contributed by atoms with van der Waals surface area (Å²) in [7, 11) is 0. The molecule has 1 heterocycles. The van der Waals surface area contributed by atoms with Crippen LogP contribution >= 0.6 is 0 Å². The van der Waals surface area contributed by atoms with Gasteiger partial charge in [-0.1, -0.05) is 0 Å². The molecule has 1 aromatic heterocycles. The number of amides is 1. The first kappa shape index (κ1) is 12.2. The standard InChI is InChI=1S/C13H14FN3O/c1-8-3-4-9(2)17(8)16-13(18)11-6-5-10(15)7-12(11)14/h3-7H,15H2,1-2H3,(H,16,18). The molecule has 2 aromatic rings. The maximum Gasteiger partial charge on any atom is 0.273 e. The van der Waals surface area contributed by atoms with Gasteiger partial charge < -0.3 is 5.73 Å². The number of carbonyl (C=O) groups is 1. The molecule has 3 N–H and O–H groups in total. The van der Waals surface area contributed by atoms with E-state index in [1.807, 2.05) is 26.0 Å². The van der Waals surface area contributed by atoms with Gasteiger partial charge in [-0.25, -0.2) is 4.39 Å². The van der Waals surface area contributed by atoms with Gasteiger partial charge in [-0.05, 0) is 44.2 Å². The monoisotopic (exact) mass is 247 g/mol. The van der Waals surface area contributed by atoms with Gasteiger partial charge in [-0.15, -0.1) is 0 Å². The maximum absolute atomic E-state index is 13.6. The predicted molar refractivity (Wildman–Crippen MR) is 68.4 cm³/mol. The molecule has 0 unspecified atom stereocenters. The van der Waals surface area contributed by atoms with Crippen LogP contribution in [-0.4, -0.2) is 10.6 Å². The third kappa shape index (κ3) is 2.20. The summed E-state index contributed by atoms with van der Waals surface area (Å²) in [6, 6.07) is 7.73. The van der Waals surface area contributed by atoms with Gasteiger partial charge in [0.1, 0.15) is 5.82 Å². The molecule has 4 nitrogen and oxygen atoms in total. The Bertz CT molecular complexity index is 585. The van der Waals surface area contributed by atoms with Crippen molar-refractivity contribution in [2.75, 3.05) is 11.2 Å². The number of nitrogens with one attached hydrogen (secondary N) is 1. The first-order valence-corrected chi connectivity index (χ1v) is 5.50. The van der Waals surface area contributed by atoms with Crippen LogP contribution in [0.5, 0.6) is 0 Å².